The Morgan fingerprint density at radius 1 is 1.04 bits per heavy atom. The van der Waals surface area contributed by atoms with Gasteiger partial charge < -0.3 is 10.2 Å². The van der Waals surface area contributed by atoms with Crippen molar-refractivity contribution in [3.63, 3.8) is 0 Å². The van der Waals surface area contributed by atoms with Crippen molar-refractivity contribution in [1.29, 1.82) is 0 Å². The lowest BCUT2D eigenvalue weighted by molar-refractivity contribution is -0.139. The van der Waals surface area contributed by atoms with Gasteiger partial charge in [0.05, 0.1) is 16.5 Å². The zero-order valence-electron chi connectivity index (χ0n) is 16.3. The van der Waals surface area contributed by atoms with Crippen LogP contribution in [0.4, 0.5) is 0 Å². The van der Waals surface area contributed by atoms with Crippen LogP contribution in [0.25, 0.3) is 0 Å². The standard InChI is InChI=1S/C22H26Cl2N2O2/c1-3-12-25-22(28)16(2)26(13-11-17-7-5-4-6-8-17)21(27)15-18-9-10-19(23)20(24)14-18/h4-10,14,16H,3,11-13,15H2,1-2H3,(H,25,28)/t16-/m1/s1. The maximum Gasteiger partial charge on any atom is 0.242 e. The fourth-order valence-corrected chi connectivity index (χ4v) is 3.21. The molecule has 0 aromatic heterocycles. The summed E-state index contributed by atoms with van der Waals surface area (Å²) in [6.45, 7) is 4.82. The van der Waals surface area contributed by atoms with Crippen molar-refractivity contribution >= 4 is 35.0 Å². The van der Waals surface area contributed by atoms with E-state index in [9.17, 15) is 9.59 Å². The second-order valence-corrected chi connectivity index (χ2v) is 7.53. The minimum Gasteiger partial charge on any atom is -0.354 e. The number of benzene rings is 2. The lowest BCUT2D eigenvalue weighted by Crippen LogP contribution is -2.49. The molecule has 0 radical (unpaired) electrons. The molecule has 2 rings (SSSR count). The topological polar surface area (TPSA) is 49.4 Å². The number of nitrogens with zero attached hydrogens (tertiary/aromatic N) is 1. The molecule has 0 fully saturated rings. The zero-order chi connectivity index (χ0) is 20.5. The summed E-state index contributed by atoms with van der Waals surface area (Å²) >= 11 is 12.0. The van der Waals surface area contributed by atoms with Crippen LogP contribution in [0.15, 0.2) is 48.5 Å². The van der Waals surface area contributed by atoms with Crippen molar-refractivity contribution in [2.24, 2.45) is 0 Å². The third-order valence-electron chi connectivity index (χ3n) is 4.54. The Kier molecular flexibility index (Phi) is 8.81. The van der Waals surface area contributed by atoms with Gasteiger partial charge in [-0.15, -0.1) is 0 Å². The molecule has 1 N–H and O–H groups in total. The summed E-state index contributed by atoms with van der Waals surface area (Å²) < 4.78 is 0. The molecule has 2 aromatic rings. The van der Waals surface area contributed by atoms with Gasteiger partial charge in [-0.25, -0.2) is 0 Å². The van der Waals surface area contributed by atoms with E-state index in [1.807, 2.05) is 37.3 Å². The molecular formula is C22H26Cl2N2O2. The molecule has 0 saturated carbocycles. The molecule has 0 unspecified atom stereocenters. The van der Waals surface area contributed by atoms with E-state index in [1.54, 1.807) is 30.0 Å². The molecule has 2 amide bonds. The lowest BCUT2D eigenvalue weighted by atomic mass is 10.1. The maximum atomic E-state index is 13.0. The predicted octanol–water partition coefficient (Wildman–Crippen LogP) is 4.52. The Hall–Kier alpha value is -2.04. The van der Waals surface area contributed by atoms with Gasteiger partial charge in [-0.3, -0.25) is 9.59 Å². The third kappa shape index (κ3) is 6.54. The van der Waals surface area contributed by atoms with Gasteiger partial charge in [0.2, 0.25) is 11.8 Å². The first-order chi connectivity index (χ1) is 13.4. The van der Waals surface area contributed by atoms with E-state index in [2.05, 4.69) is 5.32 Å². The van der Waals surface area contributed by atoms with Gasteiger partial charge in [0.25, 0.3) is 0 Å². The molecule has 0 aliphatic carbocycles. The van der Waals surface area contributed by atoms with Gasteiger partial charge in [0.1, 0.15) is 6.04 Å². The first kappa shape index (κ1) is 22.3. The van der Waals surface area contributed by atoms with Gasteiger partial charge in [-0.2, -0.15) is 0 Å². The van der Waals surface area contributed by atoms with Gasteiger partial charge >= 0.3 is 0 Å². The molecule has 2 aromatic carbocycles. The smallest absolute Gasteiger partial charge is 0.242 e. The van der Waals surface area contributed by atoms with E-state index in [0.717, 1.165) is 17.5 Å². The number of halogens is 2. The number of hydrogen-bond acceptors (Lipinski definition) is 2. The van der Waals surface area contributed by atoms with E-state index in [4.69, 9.17) is 23.2 Å². The monoisotopic (exact) mass is 420 g/mol. The molecule has 6 heteroatoms. The molecule has 150 valence electrons. The number of nitrogens with one attached hydrogen (secondary N) is 1. The van der Waals surface area contributed by atoms with Crippen LogP contribution in [0, 0.1) is 0 Å². The second kappa shape index (κ2) is 11.1. The Bertz CT molecular complexity index is 796. The van der Waals surface area contributed by atoms with E-state index in [1.165, 1.54) is 0 Å². The molecule has 28 heavy (non-hydrogen) atoms. The molecular weight excluding hydrogens is 395 g/mol. The average Bonchev–Trinajstić information content (AvgIpc) is 2.69. The molecule has 0 heterocycles. The summed E-state index contributed by atoms with van der Waals surface area (Å²) in [7, 11) is 0. The predicted molar refractivity (Wildman–Crippen MR) is 115 cm³/mol. The van der Waals surface area contributed by atoms with Crippen molar-refractivity contribution in [2.45, 2.75) is 39.2 Å². The minimum absolute atomic E-state index is 0.117. The quantitative estimate of drug-likeness (QED) is 0.647. The van der Waals surface area contributed by atoms with Crippen molar-refractivity contribution in [3.8, 4) is 0 Å². The number of carbonyl (C=O) groups is 2. The lowest BCUT2D eigenvalue weighted by Gasteiger charge is -2.29. The highest BCUT2D eigenvalue weighted by atomic mass is 35.5. The van der Waals surface area contributed by atoms with Crippen molar-refractivity contribution in [3.05, 3.63) is 69.7 Å². The van der Waals surface area contributed by atoms with Crippen LogP contribution < -0.4 is 5.32 Å². The average molecular weight is 421 g/mol. The Morgan fingerprint density at radius 3 is 2.39 bits per heavy atom. The molecule has 0 aliphatic heterocycles. The maximum absolute atomic E-state index is 13.0. The van der Waals surface area contributed by atoms with Crippen molar-refractivity contribution < 1.29 is 9.59 Å². The number of rotatable bonds is 9. The van der Waals surface area contributed by atoms with Gasteiger partial charge in [-0.1, -0.05) is 66.5 Å². The van der Waals surface area contributed by atoms with Crippen LogP contribution in [-0.2, 0) is 22.4 Å². The zero-order valence-corrected chi connectivity index (χ0v) is 17.8. The summed E-state index contributed by atoms with van der Waals surface area (Å²) in [5.41, 5.74) is 1.89. The summed E-state index contributed by atoms with van der Waals surface area (Å²) in [6, 6.07) is 14.5. The highest BCUT2D eigenvalue weighted by Gasteiger charge is 2.25. The Labute approximate surface area is 176 Å². The Morgan fingerprint density at radius 2 is 1.75 bits per heavy atom. The summed E-state index contributed by atoms with van der Waals surface area (Å²) in [4.78, 5) is 27.1. The largest absolute Gasteiger partial charge is 0.354 e. The van der Waals surface area contributed by atoms with E-state index in [0.29, 0.717) is 29.6 Å². The number of hydrogen-bond donors (Lipinski definition) is 1. The molecule has 0 saturated heterocycles. The van der Waals surface area contributed by atoms with Crippen LogP contribution in [0.3, 0.4) is 0 Å². The Balaban J connectivity index is 2.13. The van der Waals surface area contributed by atoms with Crippen LogP contribution >= 0.6 is 23.2 Å². The third-order valence-corrected chi connectivity index (χ3v) is 5.28. The van der Waals surface area contributed by atoms with Crippen molar-refractivity contribution in [2.75, 3.05) is 13.1 Å². The number of amides is 2. The summed E-state index contributed by atoms with van der Waals surface area (Å²) in [5, 5.41) is 3.74. The number of carbonyl (C=O) groups excluding carboxylic acids is 2. The second-order valence-electron chi connectivity index (χ2n) is 6.71. The van der Waals surface area contributed by atoms with Gasteiger partial charge in [0.15, 0.2) is 0 Å². The van der Waals surface area contributed by atoms with Gasteiger partial charge in [-0.05, 0) is 43.0 Å². The highest BCUT2D eigenvalue weighted by Crippen LogP contribution is 2.23. The molecule has 0 bridgehead atoms. The molecule has 0 aliphatic rings. The molecule has 0 spiro atoms. The summed E-state index contributed by atoms with van der Waals surface area (Å²) in [6.07, 6.45) is 1.69. The van der Waals surface area contributed by atoms with Crippen LogP contribution in [0.1, 0.15) is 31.4 Å². The summed E-state index contributed by atoms with van der Waals surface area (Å²) in [5.74, 6) is -0.258. The van der Waals surface area contributed by atoms with E-state index in [-0.39, 0.29) is 18.2 Å². The van der Waals surface area contributed by atoms with E-state index >= 15 is 0 Å². The minimum atomic E-state index is -0.550. The van der Waals surface area contributed by atoms with Crippen LogP contribution in [0.5, 0.6) is 0 Å². The first-order valence-corrected chi connectivity index (χ1v) is 10.2. The fraction of sp³-hybridized carbons (Fsp3) is 0.364. The fourth-order valence-electron chi connectivity index (χ4n) is 2.89. The van der Waals surface area contributed by atoms with Crippen LogP contribution in [-0.4, -0.2) is 35.8 Å². The molecule has 1 atom stereocenters. The van der Waals surface area contributed by atoms with E-state index < -0.39 is 6.04 Å². The highest BCUT2D eigenvalue weighted by molar-refractivity contribution is 6.42. The van der Waals surface area contributed by atoms with Crippen LogP contribution in [0.2, 0.25) is 10.0 Å². The van der Waals surface area contributed by atoms with Crippen molar-refractivity contribution in [1.82, 2.24) is 10.2 Å². The molecule has 4 nitrogen and oxygen atoms in total. The van der Waals surface area contributed by atoms with Gasteiger partial charge in [0, 0.05) is 13.1 Å². The SMILES string of the molecule is CCCNC(=O)[C@@H](C)N(CCc1ccccc1)C(=O)Cc1ccc(Cl)c(Cl)c1. The normalized spacial score (nSPS) is 11.7. The first-order valence-electron chi connectivity index (χ1n) is 9.47.